The molecule has 0 radical (unpaired) electrons. The minimum absolute atomic E-state index is 0.121. The first-order valence-electron chi connectivity index (χ1n) is 9.29. The Morgan fingerprint density at radius 3 is 2.64 bits per heavy atom. The lowest BCUT2D eigenvalue weighted by molar-refractivity contribution is 0.101. The van der Waals surface area contributed by atoms with Crippen molar-refractivity contribution >= 4 is 11.7 Å². The highest BCUT2D eigenvalue weighted by Gasteiger charge is 2.22. The zero-order valence-electron chi connectivity index (χ0n) is 17.2. The summed E-state index contributed by atoms with van der Waals surface area (Å²) >= 11 is 0. The normalized spacial score (nSPS) is 11.1. The van der Waals surface area contributed by atoms with Crippen LogP contribution in [0.5, 0.6) is 5.75 Å². The molecule has 2 heterocycles. The fraction of sp³-hybridized carbons (Fsp3) is 0.381. The number of ether oxygens (including phenoxy) is 1. The molecule has 0 saturated heterocycles. The SMILES string of the molecule is Cc1ccc(OCc2c(C(=O)Nc3cc(C)nn3C(C)C)noc2C)c(C)c1. The second-order valence-corrected chi connectivity index (χ2v) is 7.29. The van der Waals surface area contributed by atoms with Crippen LogP contribution in [0.2, 0.25) is 0 Å². The van der Waals surface area contributed by atoms with Gasteiger partial charge in [0.25, 0.3) is 5.91 Å². The first kappa shape index (κ1) is 19.7. The fourth-order valence-corrected chi connectivity index (χ4v) is 3.03. The van der Waals surface area contributed by atoms with E-state index in [0.717, 1.165) is 17.0 Å². The van der Waals surface area contributed by atoms with Crippen LogP contribution in [0.4, 0.5) is 5.82 Å². The second-order valence-electron chi connectivity index (χ2n) is 7.29. The Morgan fingerprint density at radius 2 is 1.96 bits per heavy atom. The molecule has 0 aliphatic rings. The summed E-state index contributed by atoms with van der Waals surface area (Å²) in [4.78, 5) is 12.8. The minimum Gasteiger partial charge on any atom is -0.488 e. The number of carbonyl (C=O) groups excluding carboxylic acids is 1. The van der Waals surface area contributed by atoms with Gasteiger partial charge in [-0.15, -0.1) is 0 Å². The predicted molar refractivity (Wildman–Crippen MR) is 107 cm³/mol. The van der Waals surface area contributed by atoms with Crippen molar-refractivity contribution in [2.75, 3.05) is 5.32 Å². The van der Waals surface area contributed by atoms with Crippen LogP contribution in [0.3, 0.4) is 0 Å². The van der Waals surface area contributed by atoms with Gasteiger partial charge in [0, 0.05) is 12.1 Å². The van der Waals surface area contributed by atoms with Crippen molar-refractivity contribution in [2.24, 2.45) is 0 Å². The van der Waals surface area contributed by atoms with Crippen molar-refractivity contribution in [2.45, 2.75) is 54.2 Å². The number of amides is 1. The molecule has 3 aromatic rings. The minimum atomic E-state index is -0.349. The molecular formula is C21H26N4O3. The van der Waals surface area contributed by atoms with Crippen LogP contribution in [0.25, 0.3) is 0 Å². The van der Waals surface area contributed by atoms with Crippen molar-refractivity contribution in [1.29, 1.82) is 0 Å². The summed E-state index contributed by atoms with van der Waals surface area (Å²) in [6, 6.07) is 7.92. The van der Waals surface area contributed by atoms with Crippen molar-refractivity contribution < 1.29 is 14.1 Å². The van der Waals surface area contributed by atoms with E-state index in [-0.39, 0.29) is 24.2 Å². The zero-order valence-corrected chi connectivity index (χ0v) is 17.2. The maximum absolute atomic E-state index is 12.8. The number of nitrogens with one attached hydrogen (secondary N) is 1. The number of carbonyl (C=O) groups is 1. The van der Waals surface area contributed by atoms with Gasteiger partial charge in [0.2, 0.25) is 0 Å². The lowest BCUT2D eigenvalue weighted by Gasteiger charge is -2.12. The number of aryl methyl sites for hydroxylation is 4. The van der Waals surface area contributed by atoms with Gasteiger partial charge in [-0.1, -0.05) is 22.9 Å². The number of anilines is 1. The van der Waals surface area contributed by atoms with Crippen LogP contribution in [-0.2, 0) is 6.61 Å². The highest BCUT2D eigenvalue weighted by molar-refractivity contribution is 6.03. The lowest BCUT2D eigenvalue weighted by atomic mass is 10.1. The maximum atomic E-state index is 12.8. The van der Waals surface area contributed by atoms with Gasteiger partial charge in [-0.3, -0.25) is 4.79 Å². The molecule has 0 aliphatic carbocycles. The number of benzene rings is 1. The number of rotatable bonds is 6. The van der Waals surface area contributed by atoms with E-state index < -0.39 is 0 Å². The largest absolute Gasteiger partial charge is 0.488 e. The summed E-state index contributed by atoms with van der Waals surface area (Å²) in [5.74, 6) is 1.60. The molecule has 148 valence electrons. The molecule has 2 aromatic heterocycles. The van der Waals surface area contributed by atoms with E-state index in [1.807, 2.05) is 52.8 Å². The highest BCUT2D eigenvalue weighted by Crippen LogP contribution is 2.23. The van der Waals surface area contributed by atoms with E-state index in [1.165, 1.54) is 5.56 Å². The van der Waals surface area contributed by atoms with Crippen LogP contribution in [0.1, 0.15) is 58.5 Å². The summed E-state index contributed by atoms with van der Waals surface area (Å²) < 4.78 is 13.0. The average Bonchev–Trinajstić information content (AvgIpc) is 3.17. The first-order chi connectivity index (χ1) is 13.3. The average molecular weight is 382 g/mol. The Labute approximate surface area is 164 Å². The molecule has 1 aromatic carbocycles. The quantitative estimate of drug-likeness (QED) is 0.678. The number of hydrogen-bond donors (Lipinski definition) is 1. The van der Waals surface area contributed by atoms with Gasteiger partial charge in [0.15, 0.2) is 5.69 Å². The highest BCUT2D eigenvalue weighted by atomic mass is 16.5. The Balaban J connectivity index is 1.79. The van der Waals surface area contributed by atoms with E-state index in [1.54, 1.807) is 11.6 Å². The molecule has 0 aliphatic heterocycles. The third-order valence-electron chi connectivity index (χ3n) is 4.49. The van der Waals surface area contributed by atoms with E-state index in [2.05, 4.69) is 21.6 Å². The third-order valence-corrected chi connectivity index (χ3v) is 4.49. The summed E-state index contributed by atoms with van der Waals surface area (Å²) in [5, 5.41) is 11.2. The van der Waals surface area contributed by atoms with Gasteiger partial charge in [-0.05, 0) is 53.2 Å². The van der Waals surface area contributed by atoms with Crippen LogP contribution >= 0.6 is 0 Å². The van der Waals surface area contributed by atoms with E-state index in [9.17, 15) is 4.79 Å². The van der Waals surface area contributed by atoms with E-state index >= 15 is 0 Å². The second kappa shape index (κ2) is 7.88. The lowest BCUT2D eigenvalue weighted by Crippen LogP contribution is -2.19. The summed E-state index contributed by atoms with van der Waals surface area (Å²) in [5.41, 5.74) is 3.89. The Morgan fingerprint density at radius 1 is 1.21 bits per heavy atom. The van der Waals surface area contributed by atoms with Crippen molar-refractivity contribution in [3.63, 3.8) is 0 Å². The molecule has 0 unspecified atom stereocenters. The molecule has 3 rings (SSSR count). The van der Waals surface area contributed by atoms with Gasteiger partial charge < -0.3 is 14.6 Å². The number of nitrogens with zero attached hydrogens (tertiary/aromatic N) is 3. The molecule has 0 fully saturated rings. The smallest absolute Gasteiger partial charge is 0.279 e. The van der Waals surface area contributed by atoms with Crippen molar-refractivity contribution in [3.8, 4) is 5.75 Å². The van der Waals surface area contributed by atoms with Crippen molar-refractivity contribution in [1.82, 2.24) is 14.9 Å². The molecule has 0 bridgehead atoms. The van der Waals surface area contributed by atoms with E-state index in [0.29, 0.717) is 17.1 Å². The van der Waals surface area contributed by atoms with Gasteiger partial charge in [-0.2, -0.15) is 5.10 Å². The summed E-state index contributed by atoms with van der Waals surface area (Å²) in [6.45, 7) is 11.9. The van der Waals surface area contributed by atoms with Gasteiger partial charge in [0.1, 0.15) is 23.9 Å². The molecule has 0 atom stereocenters. The zero-order chi connectivity index (χ0) is 20.4. The molecule has 7 heteroatoms. The van der Waals surface area contributed by atoms with Gasteiger partial charge >= 0.3 is 0 Å². The molecule has 1 amide bonds. The first-order valence-corrected chi connectivity index (χ1v) is 9.29. The molecule has 7 nitrogen and oxygen atoms in total. The van der Waals surface area contributed by atoms with Gasteiger partial charge in [-0.25, -0.2) is 4.68 Å². The molecule has 0 saturated carbocycles. The molecule has 1 N–H and O–H groups in total. The predicted octanol–water partition coefficient (Wildman–Crippen LogP) is 4.52. The maximum Gasteiger partial charge on any atom is 0.279 e. The van der Waals surface area contributed by atoms with Crippen LogP contribution in [0, 0.1) is 27.7 Å². The van der Waals surface area contributed by atoms with Crippen LogP contribution in [-0.4, -0.2) is 20.8 Å². The Kier molecular flexibility index (Phi) is 5.53. The van der Waals surface area contributed by atoms with Crippen LogP contribution < -0.4 is 10.1 Å². The summed E-state index contributed by atoms with van der Waals surface area (Å²) in [6.07, 6.45) is 0. The Hall–Kier alpha value is -3.09. The fourth-order valence-electron chi connectivity index (χ4n) is 3.03. The topological polar surface area (TPSA) is 82.2 Å². The van der Waals surface area contributed by atoms with Crippen molar-refractivity contribution in [3.05, 3.63) is 58.1 Å². The van der Waals surface area contributed by atoms with Crippen LogP contribution in [0.15, 0.2) is 28.8 Å². The number of hydrogen-bond acceptors (Lipinski definition) is 5. The Bertz CT molecular complexity index is 1000. The van der Waals surface area contributed by atoms with E-state index in [4.69, 9.17) is 9.26 Å². The standard InChI is InChI=1S/C21H26N4O3/c1-12(2)25-19(10-15(5)23-25)22-21(26)20-17(16(6)28-24-20)11-27-18-8-7-13(3)9-14(18)4/h7-10,12H,11H2,1-6H3,(H,22,26). The summed E-state index contributed by atoms with van der Waals surface area (Å²) in [7, 11) is 0. The monoisotopic (exact) mass is 382 g/mol. The molecule has 28 heavy (non-hydrogen) atoms. The van der Waals surface area contributed by atoms with Gasteiger partial charge in [0.05, 0.1) is 11.3 Å². The molecular weight excluding hydrogens is 356 g/mol. The third kappa shape index (κ3) is 4.08. The number of aromatic nitrogens is 3. The molecule has 0 spiro atoms.